The van der Waals surface area contributed by atoms with E-state index in [9.17, 15) is 9.59 Å². The van der Waals surface area contributed by atoms with Gasteiger partial charge in [-0.05, 0) is 24.6 Å². The topological polar surface area (TPSA) is 55.4 Å². The number of rotatable bonds is 5. The van der Waals surface area contributed by atoms with Crippen LogP contribution in [0, 0.1) is 0 Å². The number of hydrogen-bond donors (Lipinski definition) is 1. The van der Waals surface area contributed by atoms with Crippen LogP contribution in [0.4, 0.5) is 0 Å². The van der Waals surface area contributed by atoms with Crippen molar-refractivity contribution in [3.63, 3.8) is 0 Å². The summed E-state index contributed by atoms with van der Waals surface area (Å²) >= 11 is 6.98. The number of thiophene rings is 1. The zero-order chi connectivity index (χ0) is 15.2. The predicted octanol–water partition coefficient (Wildman–Crippen LogP) is 3.44. The monoisotopic (exact) mass is 323 g/mol. The van der Waals surface area contributed by atoms with Crippen molar-refractivity contribution in [1.82, 2.24) is 5.32 Å². The first kappa shape index (κ1) is 15.5. The molecule has 4 nitrogen and oxygen atoms in total. The Bertz CT molecular complexity index is 627. The number of carbonyl (C=O) groups excluding carboxylic acids is 2. The average Bonchev–Trinajstić information content (AvgIpc) is 2.92. The molecule has 0 bridgehead atoms. The van der Waals surface area contributed by atoms with E-state index in [0.29, 0.717) is 14.8 Å². The molecule has 1 aromatic carbocycles. The van der Waals surface area contributed by atoms with Gasteiger partial charge in [0.1, 0.15) is 0 Å². The summed E-state index contributed by atoms with van der Waals surface area (Å²) < 4.78 is 5.54. The number of halogens is 1. The first-order chi connectivity index (χ1) is 10.1. The Morgan fingerprint density at radius 2 is 1.95 bits per heavy atom. The molecule has 6 heteroatoms. The lowest BCUT2D eigenvalue weighted by molar-refractivity contribution is -0.145. The lowest BCUT2D eigenvalue weighted by atomic mass is 10.1. The quantitative estimate of drug-likeness (QED) is 0.858. The van der Waals surface area contributed by atoms with Crippen LogP contribution in [0.3, 0.4) is 0 Å². The molecule has 1 unspecified atom stereocenters. The molecular formula is C15H14ClNO3S. The molecule has 0 radical (unpaired) electrons. The molecule has 0 spiro atoms. The van der Waals surface area contributed by atoms with E-state index in [1.54, 1.807) is 43.3 Å². The Kier molecular flexibility index (Phi) is 5.36. The summed E-state index contributed by atoms with van der Waals surface area (Å²) in [7, 11) is 0. The van der Waals surface area contributed by atoms with Crippen LogP contribution in [0.5, 0.6) is 0 Å². The van der Waals surface area contributed by atoms with Crippen molar-refractivity contribution in [2.24, 2.45) is 0 Å². The fourth-order valence-electron chi connectivity index (χ4n) is 1.79. The van der Waals surface area contributed by atoms with Crippen LogP contribution in [-0.4, -0.2) is 18.5 Å². The van der Waals surface area contributed by atoms with E-state index in [1.165, 1.54) is 0 Å². The number of amides is 1. The summed E-state index contributed by atoms with van der Waals surface area (Å²) in [5.74, 6) is -0.839. The van der Waals surface area contributed by atoms with Crippen molar-refractivity contribution in [3.8, 4) is 0 Å². The van der Waals surface area contributed by atoms with Crippen LogP contribution in [-0.2, 0) is 9.53 Å². The molecule has 21 heavy (non-hydrogen) atoms. The van der Waals surface area contributed by atoms with Crippen molar-refractivity contribution >= 4 is 34.8 Å². The van der Waals surface area contributed by atoms with Crippen molar-refractivity contribution in [1.29, 1.82) is 0 Å². The summed E-state index contributed by atoms with van der Waals surface area (Å²) in [6, 6.07) is 11.4. The summed E-state index contributed by atoms with van der Waals surface area (Å²) in [5, 5.41) is 2.69. The molecule has 2 aromatic rings. The molecule has 1 amide bonds. The summed E-state index contributed by atoms with van der Waals surface area (Å²) in [6.45, 7) is 1.98. The molecule has 2 rings (SSSR count). The largest absolute Gasteiger partial charge is 0.464 e. The standard InChI is InChI=1S/C15H14ClNO3S/c1-2-20-15(19)13(10-6-4-3-5-7-10)17-14(18)11-8-9-12(16)21-11/h3-9,13H,2H2,1H3,(H,17,18). The molecule has 1 N–H and O–H groups in total. The van der Waals surface area contributed by atoms with Gasteiger partial charge >= 0.3 is 5.97 Å². The maximum absolute atomic E-state index is 12.2. The molecule has 0 saturated heterocycles. The Labute approximate surface area is 131 Å². The third kappa shape index (κ3) is 4.06. The van der Waals surface area contributed by atoms with Crippen molar-refractivity contribution < 1.29 is 14.3 Å². The summed E-state index contributed by atoms with van der Waals surface area (Å²) in [5.41, 5.74) is 0.673. The van der Waals surface area contributed by atoms with Gasteiger partial charge in [0, 0.05) is 0 Å². The van der Waals surface area contributed by atoms with Gasteiger partial charge in [0.25, 0.3) is 5.91 Å². The van der Waals surface area contributed by atoms with Gasteiger partial charge in [0.2, 0.25) is 0 Å². The highest BCUT2D eigenvalue weighted by atomic mass is 35.5. The number of nitrogens with one attached hydrogen (secondary N) is 1. The molecule has 1 heterocycles. The van der Waals surface area contributed by atoms with Gasteiger partial charge in [-0.1, -0.05) is 41.9 Å². The molecule has 110 valence electrons. The van der Waals surface area contributed by atoms with E-state index < -0.39 is 12.0 Å². The van der Waals surface area contributed by atoms with Crippen LogP contribution in [0.25, 0.3) is 0 Å². The first-order valence-corrected chi connectivity index (χ1v) is 7.59. The van der Waals surface area contributed by atoms with E-state index in [-0.39, 0.29) is 12.5 Å². The molecule has 1 atom stereocenters. The number of benzene rings is 1. The van der Waals surface area contributed by atoms with Gasteiger partial charge in [0.15, 0.2) is 6.04 Å². The Morgan fingerprint density at radius 3 is 2.52 bits per heavy atom. The van der Waals surface area contributed by atoms with Crippen LogP contribution < -0.4 is 5.32 Å². The molecule has 0 aliphatic heterocycles. The van der Waals surface area contributed by atoms with Gasteiger partial charge in [-0.15, -0.1) is 11.3 Å². The highest BCUT2D eigenvalue weighted by Crippen LogP contribution is 2.22. The number of hydrogen-bond acceptors (Lipinski definition) is 4. The minimum Gasteiger partial charge on any atom is -0.464 e. The van der Waals surface area contributed by atoms with Crippen LogP contribution in [0.15, 0.2) is 42.5 Å². The maximum Gasteiger partial charge on any atom is 0.333 e. The Balaban J connectivity index is 2.20. The summed E-state index contributed by atoms with van der Waals surface area (Å²) in [6.07, 6.45) is 0. The van der Waals surface area contributed by atoms with Gasteiger partial charge in [-0.3, -0.25) is 4.79 Å². The fraction of sp³-hybridized carbons (Fsp3) is 0.200. The van der Waals surface area contributed by atoms with Gasteiger partial charge in [-0.25, -0.2) is 4.79 Å². The molecule has 0 aliphatic carbocycles. The van der Waals surface area contributed by atoms with Crippen LogP contribution >= 0.6 is 22.9 Å². The number of carbonyl (C=O) groups is 2. The molecule has 0 fully saturated rings. The first-order valence-electron chi connectivity index (χ1n) is 6.39. The lowest BCUT2D eigenvalue weighted by Gasteiger charge is -2.17. The average molecular weight is 324 g/mol. The number of esters is 1. The van der Waals surface area contributed by atoms with Crippen LogP contribution in [0.2, 0.25) is 4.34 Å². The molecule has 0 saturated carbocycles. The van der Waals surface area contributed by atoms with E-state index in [2.05, 4.69) is 5.32 Å². The zero-order valence-electron chi connectivity index (χ0n) is 11.3. The Morgan fingerprint density at radius 1 is 1.24 bits per heavy atom. The third-order valence-corrected chi connectivity index (χ3v) is 3.96. The summed E-state index contributed by atoms with van der Waals surface area (Å²) in [4.78, 5) is 24.7. The van der Waals surface area contributed by atoms with E-state index in [1.807, 2.05) is 6.07 Å². The number of ether oxygens (including phenoxy) is 1. The smallest absolute Gasteiger partial charge is 0.333 e. The highest BCUT2D eigenvalue weighted by Gasteiger charge is 2.24. The lowest BCUT2D eigenvalue weighted by Crippen LogP contribution is -2.34. The second kappa shape index (κ2) is 7.24. The zero-order valence-corrected chi connectivity index (χ0v) is 12.9. The van der Waals surface area contributed by atoms with Gasteiger partial charge in [0.05, 0.1) is 15.8 Å². The maximum atomic E-state index is 12.2. The van der Waals surface area contributed by atoms with E-state index >= 15 is 0 Å². The normalized spacial score (nSPS) is 11.7. The highest BCUT2D eigenvalue weighted by molar-refractivity contribution is 7.18. The van der Waals surface area contributed by atoms with Gasteiger partial charge < -0.3 is 10.1 Å². The fourth-order valence-corrected chi connectivity index (χ4v) is 2.73. The van der Waals surface area contributed by atoms with Gasteiger partial charge in [-0.2, -0.15) is 0 Å². The van der Waals surface area contributed by atoms with Crippen molar-refractivity contribution in [2.45, 2.75) is 13.0 Å². The second-order valence-corrected chi connectivity index (χ2v) is 5.89. The van der Waals surface area contributed by atoms with Crippen LogP contribution in [0.1, 0.15) is 28.2 Å². The molecule has 0 aliphatic rings. The second-order valence-electron chi connectivity index (χ2n) is 4.17. The minimum atomic E-state index is -0.834. The predicted molar refractivity (Wildman–Crippen MR) is 82.6 cm³/mol. The third-order valence-electron chi connectivity index (χ3n) is 2.73. The van der Waals surface area contributed by atoms with Crippen molar-refractivity contribution in [2.75, 3.05) is 6.61 Å². The molecular weight excluding hydrogens is 310 g/mol. The Hall–Kier alpha value is -1.85. The van der Waals surface area contributed by atoms with Crippen molar-refractivity contribution in [3.05, 3.63) is 57.2 Å². The SMILES string of the molecule is CCOC(=O)C(NC(=O)c1ccc(Cl)s1)c1ccccc1. The van der Waals surface area contributed by atoms with E-state index in [4.69, 9.17) is 16.3 Å². The minimum absolute atomic E-state index is 0.253. The van der Waals surface area contributed by atoms with E-state index in [0.717, 1.165) is 11.3 Å². The molecule has 1 aromatic heterocycles.